The Balaban J connectivity index is 1.54. The Labute approximate surface area is 181 Å². The largest absolute Gasteiger partial charge is 0.324 e. The van der Waals surface area contributed by atoms with E-state index in [1.807, 2.05) is 11.0 Å². The van der Waals surface area contributed by atoms with Gasteiger partial charge in [-0.1, -0.05) is 44.9 Å². The maximum Gasteiger partial charge on any atom is 0.282 e. The molecule has 0 saturated carbocycles. The Morgan fingerprint density at radius 3 is 1.93 bits per heavy atom. The number of anilines is 1. The fourth-order valence-electron chi connectivity index (χ4n) is 4.34. The molecule has 0 aromatic heterocycles. The monoisotopic (exact) mass is 436 g/mol. The number of nitrogens with zero attached hydrogens (tertiary/aromatic N) is 3. The van der Waals surface area contributed by atoms with E-state index in [1.54, 1.807) is 8.61 Å². The fraction of sp³-hybridized carbons (Fsp3) is 0.682. The van der Waals surface area contributed by atoms with Gasteiger partial charge in [0.15, 0.2) is 0 Å². The molecular weight excluding hydrogens is 400 g/mol. The van der Waals surface area contributed by atoms with Gasteiger partial charge < -0.3 is 5.32 Å². The van der Waals surface area contributed by atoms with Gasteiger partial charge in [-0.3, -0.25) is 9.69 Å². The maximum atomic E-state index is 13.0. The molecule has 2 aliphatic heterocycles. The molecule has 7 nitrogen and oxygen atoms in total. The normalized spacial score (nSPS) is 20.1. The Morgan fingerprint density at radius 2 is 1.40 bits per heavy atom. The Bertz CT molecular complexity index is 789. The maximum absolute atomic E-state index is 13.0. The predicted octanol–water partition coefficient (Wildman–Crippen LogP) is 2.49. The zero-order valence-corrected chi connectivity index (χ0v) is 19.2. The van der Waals surface area contributed by atoms with Crippen LogP contribution in [0.1, 0.15) is 50.7 Å². The summed E-state index contributed by atoms with van der Waals surface area (Å²) in [6.07, 6.45) is 5.84. The third kappa shape index (κ3) is 5.60. The number of nitrogens with one attached hydrogen (secondary N) is 1. The van der Waals surface area contributed by atoms with Crippen LogP contribution in [0.4, 0.5) is 5.69 Å². The first kappa shape index (κ1) is 23.2. The number of amides is 1. The van der Waals surface area contributed by atoms with E-state index in [-0.39, 0.29) is 5.91 Å². The van der Waals surface area contributed by atoms with Crippen molar-refractivity contribution in [1.29, 1.82) is 0 Å². The van der Waals surface area contributed by atoms with Gasteiger partial charge in [-0.05, 0) is 36.8 Å². The van der Waals surface area contributed by atoms with E-state index in [4.69, 9.17) is 0 Å². The van der Waals surface area contributed by atoms with Crippen LogP contribution in [0.5, 0.6) is 0 Å². The molecule has 2 heterocycles. The quantitative estimate of drug-likeness (QED) is 0.713. The summed E-state index contributed by atoms with van der Waals surface area (Å²) < 4.78 is 29.2. The third-order valence-electron chi connectivity index (χ3n) is 6.18. The van der Waals surface area contributed by atoms with Crippen LogP contribution in [0.15, 0.2) is 18.2 Å². The molecule has 2 aliphatic rings. The number of rotatable bonds is 7. The van der Waals surface area contributed by atoms with Crippen molar-refractivity contribution in [2.75, 3.05) is 51.1 Å². The molecule has 3 rings (SSSR count). The van der Waals surface area contributed by atoms with Gasteiger partial charge >= 0.3 is 0 Å². The van der Waals surface area contributed by atoms with Crippen molar-refractivity contribution in [3.8, 4) is 0 Å². The molecule has 2 fully saturated rings. The minimum atomic E-state index is -3.39. The van der Waals surface area contributed by atoms with Crippen molar-refractivity contribution in [2.24, 2.45) is 0 Å². The number of carbonyl (C=O) groups excluding carboxylic acids is 1. The second-order valence-electron chi connectivity index (χ2n) is 8.20. The first-order valence-electron chi connectivity index (χ1n) is 11.3. The van der Waals surface area contributed by atoms with E-state index < -0.39 is 10.2 Å². The average Bonchev–Trinajstić information content (AvgIpc) is 3.04. The highest BCUT2D eigenvalue weighted by molar-refractivity contribution is 7.86. The Kier molecular flexibility index (Phi) is 8.27. The van der Waals surface area contributed by atoms with Crippen LogP contribution in [-0.4, -0.2) is 73.6 Å². The van der Waals surface area contributed by atoms with E-state index in [0.717, 1.165) is 55.3 Å². The summed E-state index contributed by atoms with van der Waals surface area (Å²) in [5.74, 6) is -0.0329. The Hall–Kier alpha value is -1.48. The second-order valence-corrected chi connectivity index (χ2v) is 10.1. The number of hydrogen-bond donors (Lipinski definition) is 1. The lowest BCUT2D eigenvalue weighted by Gasteiger charge is -2.36. The minimum Gasteiger partial charge on any atom is -0.324 e. The number of benzene rings is 1. The zero-order valence-electron chi connectivity index (χ0n) is 18.4. The van der Waals surface area contributed by atoms with Crippen LogP contribution in [0.3, 0.4) is 0 Å². The molecule has 0 aliphatic carbocycles. The average molecular weight is 437 g/mol. The van der Waals surface area contributed by atoms with Crippen LogP contribution in [0.2, 0.25) is 0 Å². The lowest BCUT2D eigenvalue weighted by molar-refractivity contribution is -0.117. The van der Waals surface area contributed by atoms with Gasteiger partial charge in [0.25, 0.3) is 10.2 Å². The van der Waals surface area contributed by atoms with Crippen molar-refractivity contribution in [3.05, 3.63) is 29.3 Å². The first-order chi connectivity index (χ1) is 14.5. The summed E-state index contributed by atoms with van der Waals surface area (Å²) in [5, 5.41) is 3.11. The van der Waals surface area contributed by atoms with Crippen molar-refractivity contribution in [1.82, 2.24) is 13.5 Å². The van der Waals surface area contributed by atoms with Crippen LogP contribution in [0, 0.1) is 0 Å². The highest BCUT2D eigenvalue weighted by Gasteiger charge is 2.32. The second kappa shape index (κ2) is 10.7. The van der Waals surface area contributed by atoms with Crippen molar-refractivity contribution >= 4 is 21.8 Å². The van der Waals surface area contributed by atoms with Gasteiger partial charge in [0.05, 0.1) is 6.54 Å². The molecule has 1 aromatic rings. The molecule has 0 unspecified atom stereocenters. The minimum absolute atomic E-state index is 0.0329. The molecule has 0 bridgehead atoms. The number of piperazine rings is 1. The predicted molar refractivity (Wildman–Crippen MR) is 121 cm³/mol. The third-order valence-corrected chi connectivity index (χ3v) is 8.21. The summed E-state index contributed by atoms with van der Waals surface area (Å²) >= 11 is 0. The highest BCUT2D eigenvalue weighted by Crippen LogP contribution is 2.23. The van der Waals surface area contributed by atoms with Gasteiger partial charge in [-0.2, -0.15) is 17.0 Å². The summed E-state index contributed by atoms with van der Waals surface area (Å²) in [6.45, 7) is 7.77. The number of aryl methyl sites for hydroxylation is 2. The molecular formula is C22H36N4O3S. The van der Waals surface area contributed by atoms with Gasteiger partial charge in [0, 0.05) is 45.0 Å². The zero-order chi connectivity index (χ0) is 21.6. The Morgan fingerprint density at radius 1 is 0.867 bits per heavy atom. The molecule has 168 valence electrons. The van der Waals surface area contributed by atoms with Crippen LogP contribution in [-0.2, 0) is 27.8 Å². The first-order valence-corrected chi connectivity index (χ1v) is 12.7. The number of para-hydroxylation sites is 1. The molecule has 2 saturated heterocycles. The van der Waals surface area contributed by atoms with E-state index >= 15 is 0 Å². The lowest BCUT2D eigenvalue weighted by Crippen LogP contribution is -2.54. The van der Waals surface area contributed by atoms with Gasteiger partial charge in [-0.25, -0.2) is 0 Å². The van der Waals surface area contributed by atoms with Crippen LogP contribution >= 0.6 is 0 Å². The summed E-state index contributed by atoms with van der Waals surface area (Å²) in [6, 6.07) is 6.15. The summed E-state index contributed by atoms with van der Waals surface area (Å²) in [5.41, 5.74) is 3.24. The number of hydrogen-bond acceptors (Lipinski definition) is 4. The summed E-state index contributed by atoms with van der Waals surface area (Å²) in [7, 11) is -3.39. The van der Waals surface area contributed by atoms with Crippen molar-refractivity contribution in [2.45, 2.75) is 52.4 Å². The van der Waals surface area contributed by atoms with Crippen molar-refractivity contribution < 1.29 is 13.2 Å². The molecule has 8 heteroatoms. The van der Waals surface area contributed by atoms with Crippen molar-refractivity contribution in [3.63, 3.8) is 0 Å². The molecule has 1 N–H and O–H groups in total. The highest BCUT2D eigenvalue weighted by atomic mass is 32.2. The molecule has 1 aromatic carbocycles. The lowest BCUT2D eigenvalue weighted by atomic mass is 10.0. The van der Waals surface area contributed by atoms with Gasteiger partial charge in [0.1, 0.15) is 0 Å². The van der Waals surface area contributed by atoms with E-state index in [9.17, 15) is 13.2 Å². The van der Waals surface area contributed by atoms with E-state index in [2.05, 4.69) is 31.3 Å². The molecule has 0 spiro atoms. The van der Waals surface area contributed by atoms with Gasteiger partial charge in [0.2, 0.25) is 5.91 Å². The van der Waals surface area contributed by atoms with Crippen LogP contribution < -0.4 is 5.32 Å². The molecule has 0 radical (unpaired) electrons. The standard InChI is InChI=1S/C22H36N4O3S/c1-3-19-10-9-11-20(4-2)22(19)23-21(27)18-24-14-16-26(17-15-24)30(28,29)25-12-7-5-6-8-13-25/h9-11H,3-8,12-18H2,1-2H3,(H,23,27). The van der Waals surface area contributed by atoms with Gasteiger partial charge in [-0.15, -0.1) is 0 Å². The number of carbonyl (C=O) groups is 1. The van der Waals surface area contributed by atoms with Crippen LogP contribution in [0.25, 0.3) is 0 Å². The fourth-order valence-corrected chi connectivity index (χ4v) is 6.01. The smallest absolute Gasteiger partial charge is 0.282 e. The van der Waals surface area contributed by atoms with E-state index in [1.165, 1.54) is 0 Å². The molecule has 1 amide bonds. The van der Waals surface area contributed by atoms with E-state index in [0.29, 0.717) is 45.8 Å². The summed E-state index contributed by atoms with van der Waals surface area (Å²) in [4.78, 5) is 14.7. The molecule has 0 atom stereocenters. The SMILES string of the molecule is CCc1cccc(CC)c1NC(=O)CN1CCN(S(=O)(=O)N2CCCCCC2)CC1. The molecule has 30 heavy (non-hydrogen) atoms. The topological polar surface area (TPSA) is 73.0 Å².